The molecule has 0 saturated carbocycles. The van der Waals surface area contributed by atoms with Crippen LogP contribution in [0.4, 0.5) is 8.78 Å². The minimum Gasteiger partial charge on any atom is -0.490 e. The fourth-order valence-electron chi connectivity index (χ4n) is 5.05. The van der Waals surface area contributed by atoms with Gasteiger partial charge in [-0.25, -0.2) is 25.6 Å². The van der Waals surface area contributed by atoms with E-state index in [9.17, 15) is 21.2 Å². The number of rotatable bonds is 8. The van der Waals surface area contributed by atoms with E-state index in [1.165, 1.54) is 24.3 Å². The molecule has 198 valence electrons. The molecule has 1 saturated heterocycles. The van der Waals surface area contributed by atoms with Crippen molar-refractivity contribution < 1.29 is 35.1 Å². The van der Waals surface area contributed by atoms with Crippen molar-refractivity contribution in [1.82, 2.24) is 4.90 Å². The first-order valence-electron chi connectivity index (χ1n) is 11.5. The van der Waals surface area contributed by atoms with Gasteiger partial charge < -0.3 is 14.4 Å². The van der Waals surface area contributed by atoms with Crippen molar-refractivity contribution in [2.45, 2.75) is 28.6 Å². The molecule has 0 N–H and O–H groups in total. The minimum absolute atomic E-state index is 0.00601. The van der Waals surface area contributed by atoms with Gasteiger partial charge in [0.15, 0.2) is 31.2 Å². The second-order valence-corrected chi connectivity index (χ2v) is 14.3. The predicted molar refractivity (Wildman–Crippen MR) is 132 cm³/mol. The summed E-state index contributed by atoms with van der Waals surface area (Å²) >= 11 is 5.96. The number of fused-ring (bicyclic) bond motifs is 3. The zero-order valence-electron chi connectivity index (χ0n) is 19.9. The molecule has 0 spiro atoms. The second-order valence-electron chi connectivity index (χ2n) is 9.40. The summed E-state index contributed by atoms with van der Waals surface area (Å²) in [5, 5.41) is 0.320. The van der Waals surface area contributed by atoms with Crippen LogP contribution in [0.5, 0.6) is 5.75 Å². The van der Waals surface area contributed by atoms with Crippen LogP contribution in [0, 0.1) is 17.6 Å². The predicted octanol–water partition coefficient (Wildman–Crippen LogP) is 3.45. The molecule has 2 aliphatic heterocycles. The van der Waals surface area contributed by atoms with Crippen LogP contribution < -0.4 is 4.74 Å². The number of ether oxygens (including phenoxy) is 2. The first-order valence-corrected chi connectivity index (χ1v) is 15.2. The molecule has 12 heteroatoms. The van der Waals surface area contributed by atoms with Crippen molar-refractivity contribution in [3.63, 3.8) is 0 Å². The average Bonchev–Trinajstić information content (AvgIpc) is 2.83. The summed E-state index contributed by atoms with van der Waals surface area (Å²) in [6, 6.07) is 7.26. The van der Waals surface area contributed by atoms with E-state index in [0.717, 1.165) is 12.1 Å². The number of sulfone groups is 2. The molecule has 0 bridgehead atoms. The SMILES string of the molecule is CN(C)CCS(=O)(=O)CCC1OCCC2(S(=O)(=O)c3ccc(Cl)cc3)c3c(F)ccc(F)c3OCC12. The van der Waals surface area contributed by atoms with Gasteiger partial charge in [0.1, 0.15) is 10.6 Å². The van der Waals surface area contributed by atoms with Crippen molar-refractivity contribution in [3.8, 4) is 5.75 Å². The van der Waals surface area contributed by atoms with Gasteiger partial charge in [-0.05, 0) is 63.3 Å². The molecule has 3 atom stereocenters. The maximum Gasteiger partial charge on any atom is 0.189 e. The van der Waals surface area contributed by atoms with Crippen molar-refractivity contribution in [1.29, 1.82) is 0 Å². The monoisotopic (exact) mass is 563 g/mol. The van der Waals surface area contributed by atoms with Crippen molar-refractivity contribution in [3.05, 3.63) is 58.6 Å². The van der Waals surface area contributed by atoms with Gasteiger partial charge in [-0.15, -0.1) is 0 Å². The first-order chi connectivity index (χ1) is 16.9. The number of hydrogen-bond acceptors (Lipinski definition) is 7. The Bertz CT molecular complexity index is 1340. The molecule has 2 aliphatic rings. The molecule has 4 rings (SSSR count). The lowest BCUT2D eigenvalue weighted by Crippen LogP contribution is -2.57. The number of halogens is 3. The summed E-state index contributed by atoms with van der Waals surface area (Å²) in [7, 11) is -4.28. The summed E-state index contributed by atoms with van der Waals surface area (Å²) < 4.78 is 93.4. The van der Waals surface area contributed by atoms with Crippen molar-refractivity contribution in [2.24, 2.45) is 5.92 Å². The number of nitrogens with zero attached hydrogens (tertiary/aromatic N) is 1. The average molecular weight is 564 g/mol. The van der Waals surface area contributed by atoms with E-state index >= 15 is 4.39 Å². The fraction of sp³-hybridized carbons (Fsp3) is 0.500. The largest absolute Gasteiger partial charge is 0.490 e. The van der Waals surface area contributed by atoms with Crippen LogP contribution in [0.1, 0.15) is 18.4 Å². The Labute approximate surface area is 215 Å². The topological polar surface area (TPSA) is 90.0 Å². The number of hydrogen-bond donors (Lipinski definition) is 0. The van der Waals surface area contributed by atoms with Gasteiger partial charge in [0.05, 0.1) is 34.7 Å². The summed E-state index contributed by atoms with van der Waals surface area (Å²) in [6.07, 6.45) is -1.03. The van der Waals surface area contributed by atoms with Gasteiger partial charge in [0, 0.05) is 24.1 Å². The first kappa shape index (κ1) is 27.3. The molecule has 36 heavy (non-hydrogen) atoms. The van der Waals surface area contributed by atoms with Gasteiger partial charge in [0.2, 0.25) is 0 Å². The molecule has 0 radical (unpaired) electrons. The van der Waals surface area contributed by atoms with E-state index in [1.807, 2.05) is 0 Å². The molecule has 2 aromatic rings. The Morgan fingerprint density at radius 3 is 2.36 bits per heavy atom. The molecule has 3 unspecified atom stereocenters. The zero-order chi connectivity index (χ0) is 26.3. The van der Waals surface area contributed by atoms with Crippen LogP contribution in [-0.4, -0.2) is 73.2 Å². The fourth-order valence-corrected chi connectivity index (χ4v) is 8.96. The van der Waals surface area contributed by atoms with E-state index < -0.39 is 53.8 Å². The highest BCUT2D eigenvalue weighted by molar-refractivity contribution is 7.92. The summed E-state index contributed by atoms with van der Waals surface area (Å²) in [5.74, 6) is -3.50. The van der Waals surface area contributed by atoms with Crippen LogP contribution in [0.3, 0.4) is 0 Å². The summed E-state index contributed by atoms with van der Waals surface area (Å²) in [4.78, 5) is 1.65. The maximum atomic E-state index is 15.4. The van der Waals surface area contributed by atoms with Crippen LogP contribution >= 0.6 is 11.6 Å². The Kier molecular flexibility index (Phi) is 7.70. The molecular weight excluding hydrogens is 536 g/mol. The maximum absolute atomic E-state index is 15.4. The summed E-state index contributed by atoms with van der Waals surface area (Å²) in [6.45, 7) is -0.0170. The molecule has 1 fully saturated rings. The van der Waals surface area contributed by atoms with Crippen molar-refractivity contribution >= 4 is 31.3 Å². The quantitative estimate of drug-likeness (QED) is 0.486. The molecule has 2 heterocycles. The zero-order valence-corrected chi connectivity index (χ0v) is 22.3. The van der Waals surface area contributed by atoms with E-state index in [-0.39, 0.29) is 48.0 Å². The highest BCUT2D eigenvalue weighted by Crippen LogP contribution is 2.55. The Balaban J connectivity index is 1.80. The lowest BCUT2D eigenvalue weighted by atomic mass is 9.75. The van der Waals surface area contributed by atoms with E-state index in [4.69, 9.17) is 21.1 Å². The smallest absolute Gasteiger partial charge is 0.189 e. The molecule has 0 aromatic heterocycles. The Hall–Kier alpha value is -1.79. The van der Waals surface area contributed by atoms with Gasteiger partial charge in [-0.1, -0.05) is 11.6 Å². The third kappa shape index (κ3) is 4.88. The van der Waals surface area contributed by atoms with E-state index in [2.05, 4.69) is 0 Å². The highest BCUT2D eigenvalue weighted by atomic mass is 35.5. The molecular formula is C24H28ClF2NO6S2. The van der Waals surface area contributed by atoms with Crippen LogP contribution in [0.15, 0.2) is 41.3 Å². The normalized spacial score (nSPS) is 24.2. The Morgan fingerprint density at radius 2 is 1.69 bits per heavy atom. The van der Waals surface area contributed by atoms with E-state index in [1.54, 1.807) is 19.0 Å². The molecule has 7 nitrogen and oxygen atoms in total. The van der Waals surface area contributed by atoms with Gasteiger partial charge in [-0.2, -0.15) is 0 Å². The molecule has 0 aliphatic carbocycles. The minimum atomic E-state index is -4.34. The van der Waals surface area contributed by atoms with Crippen LogP contribution in [0.25, 0.3) is 0 Å². The van der Waals surface area contributed by atoms with Crippen LogP contribution in [-0.2, 0) is 29.2 Å². The van der Waals surface area contributed by atoms with E-state index in [0.29, 0.717) is 11.6 Å². The molecule has 2 aromatic carbocycles. The Morgan fingerprint density at radius 1 is 1.03 bits per heavy atom. The third-order valence-corrected chi connectivity index (χ3v) is 11.4. The standard InChI is InChI=1S/C24H28ClF2NO6S2/c1-28(2)11-14-35(29,30)13-9-21-18-15-34-23-20(27)8-7-19(26)22(23)24(18,10-12-33-21)36(31,32)17-5-3-16(25)4-6-17/h3-8,18,21H,9-15H2,1-2H3. The van der Waals surface area contributed by atoms with Crippen molar-refractivity contribution in [2.75, 3.05) is 45.4 Å². The second kappa shape index (κ2) is 10.2. The van der Waals surface area contributed by atoms with Gasteiger partial charge >= 0.3 is 0 Å². The lowest BCUT2D eigenvalue weighted by molar-refractivity contribution is -0.0732. The highest BCUT2D eigenvalue weighted by Gasteiger charge is 2.61. The third-order valence-electron chi connectivity index (χ3n) is 6.91. The lowest BCUT2D eigenvalue weighted by Gasteiger charge is -2.50. The van der Waals surface area contributed by atoms with Gasteiger partial charge in [-0.3, -0.25) is 0 Å². The molecule has 0 amide bonds. The summed E-state index contributed by atoms with van der Waals surface area (Å²) in [5.41, 5.74) is -0.377. The number of benzene rings is 2. The van der Waals surface area contributed by atoms with Gasteiger partial charge in [0.25, 0.3) is 0 Å². The van der Waals surface area contributed by atoms with Crippen LogP contribution in [0.2, 0.25) is 5.02 Å².